The number of hydrogen-bond acceptors (Lipinski definition) is 4. The predicted molar refractivity (Wildman–Crippen MR) is 98.1 cm³/mol. The van der Waals surface area contributed by atoms with E-state index < -0.39 is 0 Å². The third-order valence-electron chi connectivity index (χ3n) is 3.93. The molecule has 1 saturated heterocycles. The van der Waals surface area contributed by atoms with Crippen LogP contribution in [-0.2, 0) is 11.3 Å². The number of pyridine rings is 1. The minimum absolute atomic E-state index is 0. The number of carbonyl (C=O) groups excluding carboxylic acids is 1. The van der Waals surface area contributed by atoms with Crippen molar-refractivity contribution in [2.24, 2.45) is 5.73 Å². The lowest BCUT2D eigenvalue weighted by Crippen LogP contribution is -2.44. The Kier molecular flexibility index (Phi) is 11.2. The number of nitrogens with two attached hydrogens (primary N) is 1. The molecule has 1 aromatic rings. The van der Waals surface area contributed by atoms with Crippen molar-refractivity contribution in [3.8, 4) is 0 Å². The first-order valence-electron chi connectivity index (χ1n) is 7.79. The number of rotatable bonds is 6. The van der Waals surface area contributed by atoms with Gasteiger partial charge in [-0.3, -0.25) is 14.7 Å². The summed E-state index contributed by atoms with van der Waals surface area (Å²) in [5.74, 6) is 0.139. The Balaban J connectivity index is 0.00000242. The molecule has 1 atom stereocenters. The third kappa shape index (κ3) is 8.51. The number of aromatic nitrogens is 1. The Labute approximate surface area is 151 Å². The smallest absolute Gasteiger partial charge is 0.220 e. The van der Waals surface area contributed by atoms with E-state index in [2.05, 4.69) is 27.3 Å². The van der Waals surface area contributed by atoms with Crippen molar-refractivity contribution in [2.45, 2.75) is 51.2 Å². The number of halogens is 2. The fraction of sp³-hybridized carbons (Fsp3) is 0.625. The molecule has 0 aromatic carbocycles. The fourth-order valence-corrected chi connectivity index (χ4v) is 2.64. The highest BCUT2D eigenvalue weighted by Gasteiger charge is 2.20. The van der Waals surface area contributed by atoms with Gasteiger partial charge < -0.3 is 11.1 Å². The van der Waals surface area contributed by atoms with Crippen LogP contribution in [0.4, 0.5) is 0 Å². The van der Waals surface area contributed by atoms with Crippen molar-refractivity contribution in [1.29, 1.82) is 0 Å². The highest BCUT2D eigenvalue weighted by atomic mass is 35.5. The minimum Gasteiger partial charge on any atom is -0.353 e. The summed E-state index contributed by atoms with van der Waals surface area (Å²) in [4.78, 5) is 18.3. The number of carbonyl (C=O) groups is 1. The summed E-state index contributed by atoms with van der Waals surface area (Å²) < 4.78 is 0. The van der Waals surface area contributed by atoms with Crippen LogP contribution in [0.15, 0.2) is 24.5 Å². The molecule has 132 valence electrons. The van der Waals surface area contributed by atoms with Crippen LogP contribution in [0.3, 0.4) is 0 Å². The molecule has 5 nitrogen and oxygen atoms in total. The molecule has 0 spiro atoms. The first-order valence-corrected chi connectivity index (χ1v) is 7.79. The van der Waals surface area contributed by atoms with Gasteiger partial charge in [0.15, 0.2) is 0 Å². The van der Waals surface area contributed by atoms with E-state index in [0.29, 0.717) is 12.5 Å². The van der Waals surface area contributed by atoms with Gasteiger partial charge in [0.25, 0.3) is 0 Å². The zero-order valence-corrected chi connectivity index (χ0v) is 15.2. The van der Waals surface area contributed by atoms with Gasteiger partial charge in [-0.1, -0.05) is 0 Å². The molecule has 1 aliphatic heterocycles. The van der Waals surface area contributed by atoms with Gasteiger partial charge in [-0.15, -0.1) is 24.8 Å². The molecule has 7 heteroatoms. The zero-order valence-electron chi connectivity index (χ0n) is 13.6. The maximum atomic E-state index is 11.8. The quantitative estimate of drug-likeness (QED) is 0.812. The number of hydrogen-bond donors (Lipinski definition) is 2. The molecule has 0 saturated carbocycles. The van der Waals surface area contributed by atoms with Crippen molar-refractivity contribution in [1.82, 2.24) is 15.2 Å². The third-order valence-corrected chi connectivity index (χ3v) is 3.93. The van der Waals surface area contributed by atoms with Crippen molar-refractivity contribution >= 4 is 30.7 Å². The molecule has 0 aliphatic carbocycles. The van der Waals surface area contributed by atoms with Crippen molar-refractivity contribution in [3.63, 3.8) is 0 Å². The molecular formula is C16H28Cl2N4O. The van der Waals surface area contributed by atoms with E-state index in [4.69, 9.17) is 5.73 Å². The minimum atomic E-state index is 0. The number of nitrogens with zero attached hydrogens (tertiary/aromatic N) is 2. The van der Waals surface area contributed by atoms with E-state index in [1.54, 1.807) is 0 Å². The van der Waals surface area contributed by atoms with E-state index in [-0.39, 0.29) is 36.8 Å². The highest BCUT2D eigenvalue weighted by Crippen LogP contribution is 2.13. The maximum Gasteiger partial charge on any atom is 0.220 e. The summed E-state index contributed by atoms with van der Waals surface area (Å²) in [6.45, 7) is 4.96. The summed E-state index contributed by atoms with van der Waals surface area (Å²) in [6, 6.07) is 4.53. The SMILES string of the molecule is CC(N)CCC(=O)NC1CCN(Cc2ccncc2)CC1.Cl.Cl. The van der Waals surface area contributed by atoms with E-state index in [9.17, 15) is 4.79 Å². The van der Waals surface area contributed by atoms with Crippen LogP contribution < -0.4 is 11.1 Å². The van der Waals surface area contributed by atoms with Gasteiger partial charge in [-0.25, -0.2) is 0 Å². The second kappa shape index (κ2) is 11.6. The van der Waals surface area contributed by atoms with Crippen molar-refractivity contribution in [3.05, 3.63) is 30.1 Å². The van der Waals surface area contributed by atoms with Gasteiger partial charge in [-0.05, 0) is 43.9 Å². The molecule has 1 aliphatic rings. The molecule has 1 unspecified atom stereocenters. The average Bonchev–Trinajstić information content (AvgIpc) is 2.48. The predicted octanol–water partition coefficient (Wildman–Crippen LogP) is 2.13. The zero-order chi connectivity index (χ0) is 15.1. The number of likely N-dealkylation sites (tertiary alicyclic amines) is 1. The van der Waals surface area contributed by atoms with Crippen LogP contribution in [0, 0.1) is 0 Å². The first-order chi connectivity index (χ1) is 10.1. The van der Waals surface area contributed by atoms with Gasteiger partial charge in [-0.2, -0.15) is 0 Å². The Morgan fingerprint density at radius 1 is 1.35 bits per heavy atom. The molecule has 1 fully saturated rings. The van der Waals surface area contributed by atoms with Crippen LogP contribution in [0.1, 0.15) is 38.2 Å². The Bertz CT molecular complexity index is 437. The largest absolute Gasteiger partial charge is 0.353 e. The second-order valence-corrected chi connectivity index (χ2v) is 5.99. The number of piperidine rings is 1. The van der Waals surface area contributed by atoms with Gasteiger partial charge >= 0.3 is 0 Å². The lowest BCUT2D eigenvalue weighted by atomic mass is 10.0. The summed E-state index contributed by atoms with van der Waals surface area (Å²) in [6.07, 6.45) is 7.01. The molecule has 2 rings (SSSR count). The fourth-order valence-electron chi connectivity index (χ4n) is 2.64. The normalized spacial score (nSPS) is 16.8. The Hall–Kier alpha value is -0.880. The lowest BCUT2D eigenvalue weighted by molar-refractivity contribution is -0.122. The summed E-state index contributed by atoms with van der Waals surface area (Å²) >= 11 is 0. The summed E-state index contributed by atoms with van der Waals surface area (Å²) in [5, 5.41) is 3.13. The van der Waals surface area contributed by atoms with Crippen LogP contribution >= 0.6 is 24.8 Å². The summed E-state index contributed by atoms with van der Waals surface area (Å²) in [5.41, 5.74) is 6.97. The summed E-state index contributed by atoms with van der Waals surface area (Å²) in [7, 11) is 0. The van der Waals surface area contributed by atoms with E-state index >= 15 is 0 Å². The lowest BCUT2D eigenvalue weighted by Gasteiger charge is -2.32. The van der Waals surface area contributed by atoms with E-state index in [0.717, 1.165) is 38.9 Å². The van der Waals surface area contributed by atoms with Crippen LogP contribution in [0.2, 0.25) is 0 Å². The molecule has 3 N–H and O–H groups in total. The molecule has 23 heavy (non-hydrogen) atoms. The first kappa shape index (κ1) is 22.1. The number of nitrogens with one attached hydrogen (secondary N) is 1. The van der Waals surface area contributed by atoms with Crippen LogP contribution in [0.25, 0.3) is 0 Å². The topological polar surface area (TPSA) is 71.2 Å². The molecular weight excluding hydrogens is 335 g/mol. The van der Waals surface area contributed by atoms with Crippen molar-refractivity contribution < 1.29 is 4.79 Å². The monoisotopic (exact) mass is 362 g/mol. The molecule has 0 radical (unpaired) electrons. The standard InChI is InChI=1S/C16H26N4O.2ClH/c1-13(17)2-3-16(21)19-15-6-10-20(11-7-15)12-14-4-8-18-9-5-14;;/h4-5,8-9,13,15H,2-3,6-7,10-12,17H2,1H3,(H,19,21);2*1H. The van der Waals surface area contributed by atoms with Crippen molar-refractivity contribution in [2.75, 3.05) is 13.1 Å². The number of amides is 1. The van der Waals surface area contributed by atoms with Gasteiger partial charge in [0.1, 0.15) is 0 Å². The van der Waals surface area contributed by atoms with Crippen LogP contribution in [-0.4, -0.2) is 41.0 Å². The average molecular weight is 363 g/mol. The maximum absolute atomic E-state index is 11.8. The van der Waals surface area contributed by atoms with Gasteiger partial charge in [0.2, 0.25) is 5.91 Å². The Morgan fingerprint density at radius 3 is 2.52 bits per heavy atom. The van der Waals surface area contributed by atoms with Gasteiger partial charge in [0.05, 0.1) is 0 Å². The molecule has 2 heterocycles. The molecule has 1 amide bonds. The highest BCUT2D eigenvalue weighted by molar-refractivity contribution is 5.85. The molecule has 1 aromatic heterocycles. The van der Waals surface area contributed by atoms with Gasteiger partial charge in [0, 0.05) is 50.5 Å². The van der Waals surface area contributed by atoms with E-state index in [1.807, 2.05) is 19.3 Å². The molecule has 0 bridgehead atoms. The van der Waals surface area contributed by atoms with E-state index in [1.165, 1.54) is 5.56 Å². The Morgan fingerprint density at radius 2 is 1.96 bits per heavy atom. The second-order valence-electron chi connectivity index (χ2n) is 5.99. The van der Waals surface area contributed by atoms with Crippen LogP contribution in [0.5, 0.6) is 0 Å².